The topological polar surface area (TPSA) is 47.6 Å². The molecule has 1 aliphatic rings. The average Bonchev–Trinajstić information content (AvgIpc) is 2.09. The van der Waals surface area contributed by atoms with Crippen LogP contribution in [0.4, 0.5) is 0 Å². The second-order valence-corrected chi connectivity index (χ2v) is 3.49. The molecule has 0 radical (unpaired) electrons. The zero-order valence-corrected chi connectivity index (χ0v) is 7.38. The molecule has 0 heterocycles. The number of nitrogens with zero attached hydrogens (tertiary/aromatic N) is 1. The van der Waals surface area contributed by atoms with Crippen LogP contribution in [0.15, 0.2) is 12.7 Å². The van der Waals surface area contributed by atoms with Crippen molar-refractivity contribution in [1.29, 1.82) is 10.7 Å². The summed E-state index contributed by atoms with van der Waals surface area (Å²) in [5.41, 5.74) is 0.706. The van der Waals surface area contributed by atoms with Gasteiger partial charge in [0.2, 0.25) is 0 Å². The summed E-state index contributed by atoms with van der Waals surface area (Å²) >= 11 is 0. The molecule has 64 valence electrons. The molecule has 0 spiro atoms. The Kier molecular flexibility index (Phi) is 2.65. The van der Waals surface area contributed by atoms with Crippen molar-refractivity contribution >= 4 is 5.71 Å². The lowest BCUT2D eigenvalue weighted by molar-refractivity contribution is 0.397. The Morgan fingerprint density at radius 1 is 1.75 bits per heavy atom. The molecular weight excluding hydrogens is 148 g/mol. The van der Waals surface area contributed by atoms with Gasteiger partial charge in [-0.1, -0.05) is 13.0 Å². The van der Waals surface area contributed by atoms with E-state index in [1.807, 2.05) is 13.0 Å². The molecule has 0 aliphatic heterocycles. The lowest BCUT2D eigenvalue weighted by atomic mass is 9.74. The zero-order chi connectivity index (χ0) is 9.14. The zero-order valence-electron chi connectivity index (χ0n) is 7.38. The summed E-state index contributed by atoms with van der Waals surface area (Å²) in [5, 5.41) is 16.5. The summed E-state index contributed by atoms with van der Waals surface area (Å²) in [6.45, 7) is 5.67. The van der Waals surface area contributed by atoms with E-state index in [9.17, 15) is 0 Å². The molecular formula is C10H14N2. The highest BCUT2D eigenvalue weighted by molar-refractivity contribution is 5.85. The lowest BCUT2D eigenvalue weighted by Crippen LogP contribution is -2.29. The van der Waals surface area contributed by atoms with E-state index in [0.29, 0.717) is 11.6 Å². The fourth-order valence-electron chi connectivity index (χ4n) is 1.67. The van der Waals surface area contributed by atoms with E-state index < -0.39 is 0 Å². The largest absolute Gasteiger partial charge is 0.309 e. The van der Waals surface area contributed by atoms with E-state index in [-0.39, 0.29) is 11.8 Å². The first-order valence-corrected chi connectivity index (χ1v) is 4.28. The van der Waals surface area contributed by atoms with Gasteiger partial charge < -0.3 is 5.41 Å². The van der Waals surface area contributed by atoms with Crippen molar-refractivity contribution in [2.45, 2.75) is 19.8 Å². The third-order valence-electron chi connectivity index (χ3n) is 2.69. The van der Waals surface area contributed by atoms with E-state index >= 15 is 0 Å². The Morgan fingerprint density at radius 2 is 2.42 bits per heavy atom. The highest BCUT2D eigenvalue weighted by atomic mass is 14.5. The fraction of sp³-hybridized carbons (Fsp3) is 0.600. The minimum Gasteiger partial charge on any atom is -0.309 e. The number of rotatable bonds is 1. The van der Waals surface area contributed by atoms with Crippen LogP contribution in [0, 0.1) is 34.5 Å². The van der Waals surface area contributed by atoms with Crippen LogP contribution in [0.2, 0.25) is 0 Å². The van der Waals surface area contributed by atoms with Gasteiger partial charge in [-0.2, -0.15) is 5.26 Å². The third kappa shape index (κ3) is 1.55. The molecule has 2 nitrogen and oxygen atoms in total. The van der Waals surface area contributed by atoms with Gasteiger partial charge in [0.1, 0.15) is 0 Å². The van der Waals surface area contributed by atoms with Gasteiger partial charge in [0.05, 0.1) is 12.0 Å². The second kappa shape index (κ2) is 3.53. The molecule has 0 aromatic rings. The van der Waals surface area contributed by atoms with Crippen LogP contribution < -0.4 is 0 Å². The quantitative estimate of drug-likeness (QED) is 0.591. The first-order chi connectivity index (χ1) is 5.69. The van der Waals surface area contributed by atoms with Crippen molar-refractivity contribution in [1.82, 2.24) is 0 Å². The van der Waals surface area contributed by atoms with Crippen LogP contribution in [0.1, 0.15) is 19.8 Å². The molecule has 1 aliphatic carbocycles. The van der Waals surface area contributed by atoms with Crippen molar-refractivity contribution in [3.63, 3.8) is 0 Å². The molecule has 1 saturated carbocycles. The van der Waals surface area contributed by atoms with E-state index in [0.717, 1.165) is 12.8 Å². The van der Waals surface area contributed by atoms with Crippen LogP contribution in [-0.4, -0.2) is 5.71 Å². The van der Waals surface area contributed by atoms with Crippen molar-refractivity contribution in [3.8, 4) is 6.07 Å². The summed E-state index contributed by atoms with van der Waals surface area (Å²) < 4.78 is 0. The average molecular weight is 162 g/mol. The fourth-order valence-corrected chi connectivity index (χ4v) is 1.67. The predicted molar refractivity (Wildman–Crippen MR) is 48.9 cm³/mol. The van der Waals surface area contributed by atoms with E-state index in [2.05, 4.69) is 12.6 Å². The Balaban J connectivity index is 2.72. The van der Waals surface area contributed by atoms with Gasteiger partial charge in [0, 0.05) is 11.6 Å². The van der Waals surface area contributed by atoms with Gasteiger partial charge in [-0.15, -0.1) is 6.58 Å². The second-order valence-electron chi connectivity index (χ2n) is 3.49. The Labute approximate surface area is 73.4 Å². The number of nitrogens with one attached hydrogen (secondary N) is 1. The van der Waals surface area contributed by atoms with Gasteiger partial charge in [-0.05, 0) is 18.8 Å². The Morgan fingerprint density at radius 3 is 2.92 bits per heavy atom. The molecule has 1 fully saturated rings. The molecule has 3 atom stereocenters. The van der Waals surface area contributed by atoms with Crippen LogP contribution in [0.5, 0.6) is 0 Å². The van der Waals surface area contributed by atoms with Crippen molar-refractivity contribution in [3.05, 3.63) is 12.7 Å². The van der Waals surface area contributed by atoms with Gasteiger partial charge in [0.15, 0.2) is 0 Å². The van der Waals surface area contributed by atoms with E-state index in [1.54, 1.807) is 0 Å². The number of hydrogen-bond acceptors (Lipinski definition) is 2. The van der Waals surface area contributed by atoms with Crippen LogP contribution in [-0.2, 0) is 0 Å². The summed E-state index contributed by atoms with van der Waals surface area (Å²) in [6, 6.07) is 2.26. The molecule has 0 saturated heterocycles. The first-order valence-electron chi connectivity index (χ1n) is 4.28. The number of hydrogen-bond donors (Lipinski definition) is 1. The van der Waals surface area contributed by atoms with Crippen molar-refractivity contribution < 1.29 is 0 Å². The summed E-state index contributed by atoms with van der Waals surface area (Å²) in [7, 11) is 0. The Hall–Kier alpha value is -1.10. The molecule has 1 N–H and O–H groups in total. The third-order valence-corrected chi connectivity index (χ3v) is 2.69. The standard InChI is InChI=1S/C10H14N2/c1-3-8-4-9(6-11)7(2)10(12)5-8/h3,7-9,12H,1,4-5H2,2H3. The minimum absolute atomic E-state index is 0.0225. The molecule has 2 heteroatoms. The Bertz CT molecular complexity index is 237. The number of nitriles is 1. The van der Waals surface area contributed by atoms with E-state index in [1.165, 1.54) is 0 Å². The minimum atomic E-state index is 0.0225. The molecule has 1 rings (SSSR count). The molecule has 0 amide bonds. The summed E-state index contributed by atoms with van der Waals surface area (Å²) in [6.07, 6.45) is 3.54. The molecule has 3 unspecified atom stereocenters. The molecule has 12 heavy (non-hydrogen) atoms. The van der Waals surface area contributed by atoms with Gasteiger partial charge in [-0.3, -0.25) is 0 Å². The summed E-state index contributed by atoms with van der Waals surface area (Å²) in [5.74, 6) is 0.513. The highest BCUT2D eigenvalue weighted by Gasteiger charge is 2.29. The van der Waals surface area contributed by atoms with E-state index in [4.69, 9.17) is 10.7 Å². The predicted octanol–water partition coefficient (Wildman–Crippen LogP) is 2.38. The highest BCUT2D eigenvalue weighted by Crippen LogP contribution is 2.31. The van der Waals surface area contributed by atoms with Gasteiger partial charge in [-0.25, -0.2) is 0 Å². The molecule has 0 aromatic heterocycles. The monoisotopic (exact) mass is 162 g/mol. The molecule has 0 aromatic carbocycles. The number of allylic oxidation sites excluding steroid dienone is 1. The van der Waals surface area contributed by atoms with Crippen molar-refractivity contribution in [2.24, 2.45) is 17.8 Å². The molecule has 0 bridgehead atoms. The summed E-state index contributed by atoms with van der Waals surface area (Å²) in [4.78, 5) is 0. The maximum atomic E-state index is 8.81. The van der Waals surface area contributed by atoms with Crippen LogP contribution in [0.3, 0.4) is 0 Å². The van der Waals surface area contributed by atoms with Crippen LogP contribution >= 0.6 is 0 Å². The maximum Gasteiger partial charge on any atom is 0.0662 e. The maximum absolute atomic E-state index is 8.81. The first kappa shape index (κ1) is 8.99. The lowest BCUT2D eigenvalue weighted by Gasteiger charge is -2.29. The van der Waals surface area contributed by atoms with Crippen molar-refractivity contribution in [2.75, 3.05) is 0 Å². The SMILES string of the molecule is C=CC1CC(=N)C(C)C(C#N)C1. The van der Waals surface area contributed by atoms with Gasteiger partial charge >= 0.3 is 0 Å². The van der Waals surface area contributed by atoms with Crippen LogP contribution in [0.25, 0.3) is 0 Å². The normalized spacial score (nSPS) is 35.7. The van der Waals surface area contributed by atoms with Gasteiger partial charge in [0.25, 0.3) is 0 Å². The smallest absolute Gasteiger partial charge is 0.0662 e.